The first-order valence-corrected chi connectivity index (χ1v) is 4.52. The second kappa shape index (κ2) is 4.23. The van der Waals surface area contributed by atoms with Gasteiger partial charge in [0.05, 0.1) is 12.6 Å². The maximum Gasteiger partial charge on any atom is 0.305 e. The quantitative estimate of drug-likeness (QED) is 0.752. The Labute approximate surface area is 82.5 Å². The molecule has 0 saturated carbocycles. The summed E-state index contributed by atoms with van der Waals surface area (Å²) in [6, 6.07) is -0.208. The number of hydrogen-bond acceptors (Lipinski definition) is 3. The maximum atomic E-state index is 10.4. The van der Waals surface area contributed by atoms with E-state index >= 15 is 0 Å². The third-order valence-corrected chi connectivity index (χ3v) is 1.97. The van der Waals surface area contributed by atoms with Crippen molar-refractivity contribution in [3.63, 3.8) is 0 Å². The Morgan fingerprint density at radius 3 is 2.79 bits per heavy atom. The van der Waals surface area contributed by atoms with Gasteiger partial charge in [-0.3, -0.25) is 9.48 Å². The molecular weight excluding hydrogens is 182 g/mol. The summed E-state index contributed by atoms with van der Waals surface area (Å²) in [7, 11) is 0. The van der Waals surface area contributed by atoms with E-state index < -0.39 is 12.0 Å². The van der Waals surface area contributed by atoms with Crippen LogP contribution < -0.4 is 5.73 Å². The molecule has 1 rings (SSSR count). The van der Waals surface area contributed by atoms with Crippen LogP contribution in [0.2, 0.25) is 0 Å². The van der Waals surface area contributed by atoms with E-state index in [-0.39, 0.29) is 12.5 Å². The summed E-state index contributed by atoms with van der Waals surface area (Å²) in [5.41, 5.74) is 6.44. The van der Waals surface area contributed by atoms with E-state index in [9.17, 15) is 4.79 Å². The van der Waals surface area contributed by atoms with Crippen LogP contribution >= 0.6 is 0 Å². The Kier molecular flexibility index (Phi) is 3.24. The molecule has 0 fully saturated rings. The van der Waals surface area contributed by atoms with Crippen molar-refractivity contribution >= 4 is 5.97 Å². The minimum Gasteiger partial charge on any atom is -0.481 e. The zero-order chi connectivity index (χ0) is 10.7. The standard InChI is InChI=1S/C9H15N3O2/c1-6(2)12-5-7(4-11-12)8(10)3-9(13)14/h4-6,8H,3,10H2,1-2H3,(H,13,14). The van der Waals surface area contributed by atoms with E-state index in [1.807, 2.05) is 13.8 Å². The number of aromatic nitrogens is 2. The lowest BCUT2D eigenvalue weighted by Crippen LogP contribution is -2.14. The Balaban J connectivity index is 2.71. The van der Waals surface area contributed by atoms with Gasteiger partial charge in [0.1, 0.15) is 0 Å². The molecule has 14 heavy (non-hydrogen) atoms. The van der Waals surface area contributed by atoms with Crippen molar-refractivity contribution in [3.05, 3.63) is 18.0 Å². The maximum absolute atomic E-state index is 10.4. The molecule has 0 amide bonds. The third kappa shape index (κ3) is 2.56. The van der Waals surface area contributed by atoms with Gasteiger partial charge >= 0.3 is 5.97 Å². The lowest BCUT2D eigenvalue weighted by molar-refractivity contribution is -0.137. The van der Waals surface area contributed by atoms with Crippen molar-refractivity contribution in [1.82, 2.24) is 9.78 Å². The zero-order valence-corrected chi connectivity index (χ0v) is 8.34. The van der Waals surface area contributed by atoms with Crippen molar-refractivity contribution in [3.8, 4) is 0 Å². The van der Waals surface area contributed by atoms with Gasteiger partial charge < -0.3 is 10.8 Å². The monoisotopic (exact) mass is 197 g/mol. The van der Waals surface area contributed by atoms with Crippen molar-refractivity contribution in [2.45, 2.75) is 32.4 Å². The molecule has 1 atom stereocenters. The van der Waals surface area contributed by atoms with E-state index in [4.69, 9.17) is 10.8 Å². The van der Waals surface area contributed by atoms with Gasteiger partial charge in [-0.1, -0.05) is 0 Å². The van der Waals surface area contributed by atoms with Gasteiger partial charge in [-0.25, -0.2) is 0 Å². The summed E-state index contributed by atoms with van der Waals surface area (Å²) < 4.78 is 1.76. The van der Waals surface area contributed by atoms with Crippen LogP contribution in [0.4, 0.5) is 0 Å². The fourth-order valence-electron chi connectivity index (χ4n) is 1.13. The largest absolute Gasteiger partial charge is 0.481 e. The Hall–Kier alpha value is -1.36. The van der Waals surface area contributed by atoms with Gasteiger partial charge in [0, 0.05) is 23.8 Å². The van der Waals surface area contributed by atoms with Crippen LogP contribution in [0.25, 0.3) is 0 Å². The van der Waals surface area contributed by atoms with E-state index in [0.29, 0.717) is 0 Å². The molecule has 3 N–H and O–H groups in total. The second-order valence-corrected chi connectivity index (χ2v) is 3.55. The first-order valence-electron chi connectivity index (χ1n) is 4.52. The number of aliphatic carboxylic acids is 1. The van der Waals surface area contributed by atoms with Crippen LogP contribution in [-0.4, -0.2) is 20.9 Å². The van der Waals surface area contributed by atoms with Gasteiger partial charge in [-0.2, -0.15) is 5.10 Å². The molecule has 0 aliphatic rings. The molecule has 0 aliphatic carbocycles. The molecule has 5 nitrogen and oxygen atoms in total. The molecule has 0 bridgehead atoms. The van der Waals surface area contributed by atoms with Gasteiger partial charge in [0.2, 0.25) is 0 Å². The van der Waals surface area contributed by atoms with Gasteiger partial charge in [-0.15, -0.1) is 0 Å². The predicted octanol–water partition coefficient (Wildman–Crippen LogP) is 0.939. The van der Waals surface area contributed by atoms with Gasteiger partial charge in [0.25, 0.3) is 0 Å². The molecular formula is C9H15N3O2. The summed E-state index contributed by atoms with van der Waals surface area (Å²) in [5, 5.41) is 12.6. The van der Waals surface area contributed by atoms with E-state index in [1.54, 1.807) is 17.1 Å². The van der Waals surface area contributed by atoms with Crippen LogP contribution in [0.1, 0.15) is 37.9 Å². The first kappa shape index (κ1) is 10.7. The minimum atomic E-state index is -0.894. The number of hydrogen-bond donors (Lipinski definition) is 2. The Morgan fingerprint density at radius 1 is 1.71 bits per heavy atom. The molecule has 1 aromatic heterocycles. The molecule has 0 aliphatic heterocycles. The molecule has 0 aromatic carbocycles. The summed E-state index contributed by atoms with van der Waals surface area (Å²) in [6.45, 7) is 4.00. The Bertz CT molecular complexity index is 320. The first-order chi connectivity index (χ1) is 6.50. The smallest absolute Gasteiger partial charge is 0.305 e. The number of carboxylic acid groups (broad SMARTS) is 1. The van der Waals surface area contributed by atoms with E-state index in [0.717, 1.165) is 5.56 Å². The topological polar surface area (TPSA) is 81.1 Å². The van der Waals surface area contributed by atoms with E-state index in [2.05, 4.69) is 5.10 Å². The molecule has 78 valence electrons. The molecule has 1 heterocycles. The number of rotatable bonds is 4. The average molecular weight is 197 g/mol. The predicted molar refractivity (Wildman–Crippen MR) is 51.8 cm³/mol. The van der Waals surface area contributed by atoms with Crippen LogP contribution in [-0.2, 0) is 4.79 Å². The number of nitrogens with zero attached hydrogens (tertiary/aromatic N) is 2. The van der Waals surface area contributed by atoms with Gasteiger partial charge in [-0.05, 0) is 13.8 Å². The van der Waals surface area contributed by atoms with Crippen LogP contribution in [0.3, 0.4) is 0 Å². The number of carboxylic acids is 1. The highest BCUT2D eigenvalue weighted by Crippen LogP contribution is 2.14. The van der Waals surface area contributed by atoms with Crippen LogP contribution in [0.15, 0.2) is 12.4 Å². The highest BCUT2D eigenvalue weighted by atomic mass is 16.4. The molecule has 1 unspecified atom stereocenters. The van der Waals surface area contributed by atoms with Crippen LogP contribution in [0.5, 0.6) is 0 Å². The fourth-order valence-corrected chi connectivity index (χ4v) is 1.13. The fraction of sp³-hybridized carbons (Fsp3) is 0.556. The number of nitrogens with two attached hydrogens (primary N) is 1. The third-order valence-electron chi connectivity index (χ3n) is 1.97. The highest BCUT2D eigenvalue weighted by Gasteiger charge is 2.12. The summed E-state index contributed by atoms with van der Waals surface area (Å²) in [4.78, 5) is 10.4. The lowest BCUT2D eigenvalue weighted by atomic mass is 10.1. The highest BCUT2D eigenvalue weighted by molar-refractivity contribution is 5.67. The molecule has 5 heteroatoms. The van der Waals surface area contributed by atoms with Crippen molar-refractivity contribution < 1.29 is 9.90 Å². The van der Waals surface area contributed by atoms with Gasteiger partial charge in [0.15, 0.2) is 0 Å². The van der Waals surface area contributed by atoms with Crippen molar-refractivity contribution in [2.24, 2.45) is 5.73 Å². The zero-order valence-electron chi connectivity index (χ0n) is 8.34. The lowest BCUT2D eigenvalue weighted by Gasteiger charge is -2.06. The molecule has 1 aromatic rings. The summed E-state index contributed by atoms with van der Waals surface area (Å²) in [5.74, 6) is -0.894. The summed E-state index contributed by atoms with van der Waals surface area (Å²) in [6.07, 6.45) is 3.34. The summed E-state index contributed by atoms with van der Waals surface area (Å²) >= 11 is 0. The normalized spacial score (nSPS) is 13.1. The molecule has 0 radical (unpaired) electrons. The van der Waals surface area contributed by atoms with Crippen LogP contribution in [0, 0.1) is 0 Å². The molecule has 0 saturated heterocycles. The minimum absolute atomic E-state index is 0.0657. The molecule has 0 spiro atoms. The van der Waals surface area contributed by atoms with E-state index in [1.165, 1.54) is 0 Å². The van der Waals surface area contributed by atoms with Crippen molar-refractivity contribution in [2.75, 3.05) is 0 Å². The average Bonchev–Trinajstić information content (AvgIpc) is 2.50. The Morgan fingerprint density at radius 2 is 2.36 bits per heavy atom. The number of carbonyl (C=O) groups is 1. The SMILES string of the molecule is CC(C)n1cc(C(N)CC(=O)O)cn1. The second-order valence-electron chi connectivity index (χ2n) is 3.55. The van der Waals surface area contributed by atoms with Crippen molar-refractivity contribution in [1.29, 1.82) is 0 Å².